The third kappa shape index (κ3) is 7.17. The van der Waals surface area contributed by atoms with E-state index >= 15 is 0 Å². The van der Waals surface area contributed by atoms with Gasteiger partial charge in [-0.1, -0.05) is 6.92 Å². The highest BCUT2D eigenvalue weighted by Crippen LogP contribution is 2.26. The maximum Gasteiger partial charge on any atom is 0.424 e. The Morgan fingerprint density at radius 2 is 1.81 bits per heavy atom. The van der Waals surface area contributed by atoms with Gasteiger partial charge in [-0.15, -0.1) is 0 Å². The molecule has 0 aliphatic heterocycles. The van der Waals surface area contributed by atoms with Crippen LogP contribution in [0.1, 0.15) is 59.8 Å². The number of pyridine rings is 1. The molecule has 0 saturated heterocycles. The average molecular weight is 377 g/mol. The van der Waals surface area contributed by atoms with E-state index in [1.54, 1.807) is 29.5 Å². The minimum Gasteiger partial charge on any atom is -0.443 e. The molecule has 0 atom stereocenters. The smallest absolute Gasteiger partial charge is 0.424 e. The van der Waals surface area contributed by atoms with Crippen LogP contribution < -0.4 is 10.7 Å². The Labute approximate surface area is 161 Å². The number of hydrogen-bond donors (Lipinski definition) is 2. The molecule has 1 aliphatic rings. The quantitative estimate of drug-likeness (QED) is 0.739. The van der Waals surface area contributed by atoms with Gasteiger partial charge in [-0.05, 0) is 65.0 Å². The molecule has 1 aromatic heterocycles. The third-order valence-electron chi connectivity index (χ3n) is 4.45. The van der Waals surface area contributed by atoms with E-state index in [1.807, 2.05) is 27.7 Å². The second kappa shape index (κ2) is 9.69. The first-order chi connectivity index (χ1) is 12.8. The first-order valence-electron chi connectivity index (χ1n) is 9.76. The fourth-order valence-electron chi connectivity index (χ4n) is 3.13. The first-order valence-corrected chi connectivity index (χ1v) is 9.76. The van der Waals surface area contributed by atoms with Crippen LogP contribution in [0.25, 0.3) is 0 Å². The summed E-state index contributed by atoms with van der Waals surface area (Å²) >= 11 is 0. The maximum absolute atomic E-state index is 12.4. The summed E-state index contributed by atoms with van der Waals surface area (Å²) in [6.07, 6.45) is 7.10. The lowest BCUT2D eigenvalue weighted by molar-refractivity contribution is -0.121. The number of carbonyl (C=O) groups is 2. The van der Waals surface area contributed by atoms with E-state index < -0.39 is 5.60 Å². The van der Waals surface area contributed by atoms with Gasteiger partial charge in [-0.2, -0.15) is 0 Å². The summed E-state index contributed by atoms with van der Waals surface area (Å²) in [5, 5.41) is 4.52. The number of nitrogens with one attached hydrogen (secondary N) is 2. The summed E-state index contributed by atoms with van der Waals surface area (Å²) < 4.78 is 5.47. The summed E-state index contributed by atoms with van der Waals surface area (Å²) in [4.78, 5) is 28.7. The zero-order valence-electron chi connectivity index (χ0n) is 16.8. The first kappa shape index (κ1) is 21.2. The lowest BCUT2D eigenvalue weighted by Gasteiger charge is -2.34. The van der Waals surface area contributed by atoms with Crippen molar-refractivity contribution in [3.63, 3.8) is 0 Å². The Kier molecular flexibility index (Phi) is 7.59. The minimum atomic E-state index is -0.520. The van der Waals surface area contributed by atoms with Gasteiger partial charge in [0.2, 0.25) is 5.91 Å². The highest BCUT2D eigenvalue weighted by atomic mass is 16.6. The molecule has 1 aliphatic carbocycles. The van der Waals surface area contributed by atoms with Crippen molar-refractivity contribution in [2.24, 2.45) is 5.92 Å². The van der Waals surface area contributed by atoms with Crippen LogP contribution in [0.3, 0.4) is 0 Å². The van der Waals surface area contributed by atoms with Gasteiger partial charge in [0.15, 0.2) is 0 Å². The van der Waals surface area contributed by atoms with E-state index in [4.69, 9.17) is 4.74 Å². The molecule has 7 nitrogen and oxygen atoms in total. The molecule has 0 aromatic carbocycles. The van der Waals surface area contributed by atoms with Crippen molar-refractivity contribution in [2.45, 2.75) is 71.4 Å². The van der Waals surface area contributed by atoms with Gasteiger partial charge >= 0.3 is 6.09 Å². The molecule has 2 rings (SSSR count). The normalized spacial score (nSPS) is 20.0. The van der Waals surface area contributed by atoms with Crippen LogP contribution in [0.5, 0.6) is 0 Å². The number of hydrogen-bond acceptors (Lipinski definition) is 5. The van der Waals surface area contributed by atoms with Crippen molar-refractivity contribution >= 4 is 17.7 Å². The number of anilines is 1. The zero-order chi connectivity index (χ0) is 19.9. The van der Waals surface area contributed by atoms with E-state index in [0.29, 0.717) is 6.54 Å². The SMILES string of the molecule is CCCN(NC1CCC(C(=O)Nc2ccncc2)CC1)C(=O)OC(C)(C)C. The number of hydrazine groups is 1. The second-order valence-corrected chi connectivity index (χ2v) is 8.03. The monoisotopic (exact) mass is 376 g/mol. The summed E-state index contributed by atoms with van der Waals surface area (Å²) in [6, 6.07) is 3.75. The Morgan fingerprint density at radius 3 is 2.37 bits per heavy atom. The van der Waals surface area contributed by atoms with Crippen LogP contribution in [0.4, 0.5) is 10.5 Å². The van der Waals surface area contributed by atoms with E-state index in [9.17, 15) is 9.59 Å². The van der Waals surface area contributed by atoms with Gasteiger partial charge < -0.3 is 10.1 Å². The van der Waals surface area contributed by atoms with Crippen molar-refractivity contribution < 1.29 is 14.3 Å². The van der Waals surface area contributed by atoms with Crippen LogP contribution in [0, 0.1) is 5.92 Å². The lowest BCUT2D eigenvalue weighted by Crippen LogP contribution is -2.51. The van der Waals surface area contributed by atoms with Gasteiger partial charge in [-0.25, -0.2) is 15.2 Å². The second-order valence-electron chi connectivity index (χ2n) is 8.03. The Balaban J connectivity index is 1.82. The fraction of sp³-hybridized carbons (Fsp3) is 0.650. The number of nitrogens with zero attached hydrogens (tertiary/aromatic N) is 2. The van der Waals surface area contributed by atoms with Gasteiger partial charge in [0.1, 0.15) is 5.60 Å². The number of rotatable bonds is 6. The lowest BCUT2D eigenvalue weighted by atomic mass is 9.85. The van der Waals surface area contributed by atoms with Gasteiger partial charge in [-0.3, -0.25) is 9.78 Å². The van der Waals surface area contributed by atoms with E-state index in [0.717, 1.165) is 37.8 Å². The Bertz CT molecular complexity index is 607. The van der Waals surface area contributed by atoms with Crippen LogP contribution in [0.2, 0.25) is 0 Å². The molecule has 1 heterocycles. The molecule has 1 aromatic rings. The number of amides is 2. The van der Waals surface area contributed by atoms with Gasteiger partial charge in [0.25, 0.3) is 0 Å². The molecule has 27 heavy (non-hydrogen) atoms. The van der Waals surface area contributed by atoms with E-state index in [1.165, 1.54) is 0 Å². The zero-order valence-corrected chi connectivity index (χ0v) is 16.8. The number of carbonyl (C=O) groups excluding carboxylic acids is 2. The summed E-state index contributed by atoms with van der Waals surface area (Å²) in [7, 11) is 0. The predicted molar refractivity (Wildman–Crippen MR) is 105 cm³/mol. The number of ether oxygens (including phenoxy) is 1. The highest BCUT2D eigenvalue weighted by Gasteiger charge is 2.29. The Morgan fingerprint density at radius 1 is 1.19 bits per heavy atom. The van der Waals surface area contributed by atoms with Crippen molar-refractivity contribution in [1.82, 2.24) is 15.4 Å². The molecule has 1 fully saturated rings. The molecule has 150 valence electrons. The molecule has 2 amide bonds. The molecule has 0 spiro atoms. The fourth-order valence-corrected chi connectivity index (χ4v) is 3.13. The van der Waals surface area contributed by atoms with E-state index in [2.05, 4.69) is 15.7 Å². The van der Waals surface area contributed by atoms with Gasteiger partial charge in [0.05, 0.1) is 0 Å². The third-order valence-corrected chi connectivity index (χ3v) is 4.45. The van der Waals surface area contributed by atoms with Crippen LogP contribution in [-0.4, -0.2) is 40.2 Å². The van der Waals surface area contributed by atoms with Gasteiger partial charge in [0, 0.05) is 36.6 Å². The Hall–Kier alpha value is -2.15. The summed E-state index contributed by atoms with van der Waals surface area (Å²) in [5.41, 5.74) is 3.56. The highest BCUT2D eigenvalue weighted by molar-refractivity contribution is 5.92. The molecular weight excluding hydrogens is 344 g/mol. The standard InChI is InChI=1S/C20H32N4O3/c1-5-14-24(19(26)27-20(2,3)4)23-17-8-6-15(7-9-17)18(25)22-16-10-12-21-13-11-16/h10-13,15,17,23H,5-9,14H2,1-4H3,(H,21,22,25). The van der Waals surface area contributed by atoms with Crippen molar-refractivity contribution in [3.8, 4) is 0 Å². The van der Waals surface area contributed by atoms with Crippen molar-refractivity contribution in [3.05, 3.63) is 24.5 Å². The largest absolute Gasteiger partial charge is 0.443 e. The summed E-state index contributed by atoms with van der Waals surface area (Å²) in [5.74, 6) is 0.0505. The van der Waals surface area contributed by atoms with E-state index in [-0.39, 0.29) is 24.0 Å². The van der Waals surface area contributed by atoms with Crippen molar-refractivity contribution in [1.29, 1.82) is 0 Å². The van der Waals surface area contributed by atoms with Crippen molar-refractivity contribution in [2.75, 3.05) is 11.9 Å². The predicted octanol–water partition coefficient (Wildman–Crippen LogP) is 3.73. The molecule has 7 heteroatoms. The van der Waals surface area contributed by atoms with Crippen LogP contribution in [-0.2, 0) is 9.53 Å². The molecule has 0 radical (unpaired) electrons. The van der Waals surface area contributed by atoms with Crippen LogP contribution >= 0.6 is 0 Å². The minimum absolute atomic E-state index is 0.00244. The van der Waals surface area contributed by atoms with Crippen LogP contribution in [0.15, 0.2) is 24.5 Å². The molecule has 1 saturated carbocycles. The topological polar surface area (TPSA) is 83.6 Å². The molecular formula is C20H32N4O3. The average Bonchev–Trinajstić information content (AvgIpc) is 2.61. The number of aromatic nitrogens is 1. The molecule has 0 bridgehead atoms. The summed E-state index contributed by atoms with van der Waals surface area (Å²) in [6.45, 7) is 8.21. The molecule has 0 unspecified atom stereocenters. The maximum atomic E-state index is 12.4. The molecule has 2 N–H and O–H groups in total.